The van der Waals surface area contributed by atoms with Crippen molar-refractivity contribution in [1.82, 2.24) is 0 Å². The second kappa shape index (κ2) is 8.15. The van der Waals surface area contributed by atoms with Crippen LogP contribution >= 0.6 is 0 Å². The molecule has 0 saturated heterocycles. The highest BCUT2D eigenvalue weighted by Gasteiger charge is 2.76. The SMILES string of the molecule is CC(=O)C1C(=O)C(C(C)C)[C@@]2(C)C[C@@]3(C)Cc4c(C5=CC=C(C)C5)ccc(O)c4C(=O)C3C(=O)[C@@]2(O)C1=O. The van der Waals surface area contributed by atoms with Gasteiger partial charge in [-0.25, -0.2) is 0 Å². The van der Waals surface area contributed by atoms with Crippen molar-refractivity contribution >= 4 is 34.5 Å². The first kappa shape index (κ1) is 26.4. The first-order valence-corrected chi connectivity index (χ1v) is 13.2. The fourth-order valence-corrected chi connectivity index (χ4v) is 8.28. The van der Waals surface area contributed by atoms with Crippen LogP contribution in [0.3, 0.4) is 0 Å². The number of hydrogen-bond donors (Lipinski definition) is 2. The van der Waals surface area contributed by atoms with Crippen molar-refractivity contribution in [3.05, 3.63) is 46.5 Å². The summed E-state index contributed by atoms with van der Waals surface area (Å²) < 4.78 is 0. The highest BCUT2D eigenvalue weighted by atomic mass is 16.3. The minimum atomic E-state index is -2.67. The van der Waals surface area contributed by atoms with Crippen LogP contribution in [-0.4, -0.2) is 44.7 Å². The fraction of sp³-hybridized carbons (Fsp3) is 0.516. The molecule has 0 amide bonds. The topological polar surface area (TPSA) is 126 Å². The molecule has 7 heteroatoms. The maximum atomic E-state index is 14.3. The molecule has 1 aromatic carbocycles. The predicted molar refractivity (Wildman–Crippen MR) is 139 cm³/mol. The quantitative estimate of drug-likeness (QED) is 0.583. The van der Waals surface area contributed by atoms with Crippen LogP contribution in [-0.2, 0) is 25.6 Å². The van der Waals surface area contributed by atoms with Crippen molar-refractivity contribution in [2.45, 2.75) is 66.4 Å². The van der Waals surface area contributed by atoms with Crippen molar-refractivity contribution in [3.63, 3.8) is 0 Å². The summed E-state index contributed by atoms with van der Waals surface area (Å²) in [6, 6.07) is 3.23. The fourth-order valence-electron chi connectivity index (χ4n) is 8.28. The van der Waals surface area contributed by atoms with Gasteiger partial charge in [0.1, 0.15) is 17.5 Å². The van der Waals surface area contributed by atoms with Gasteiger partial charge in [-0.05, 0) is 67.2 Å². The Balaban J connectivity index is 1.73. The van der Waals surface area contributed by atoms with E-state index in [0.717, 1.165) is 23.6 Å². The zero-order chi connectivity index (χ0) is 28.1. The number of aromatic hydroxyl groups is 1. The number of fused-ring (bicyclic) bond motifs is 3. The second-order valence-electron chi connectivity index (χ2n) is 12.7. The molecule has 2 N–H and O–H groups in total. The van der Waals surface area contributed by atoms with E-state index in [2.05, 4.69) is 0 Å². The summed E-state index contributed by atoms with van der Waals surface area (Å²) in [6.07, 6.45) is 5.00. The van der Waals surface area contributed by atoms with Gasteiger partial charge >= 0.3 is 0 Å². The number of ketones is 5. The van der Waals surface area contributed by atoms with E-state index in [4.69, 9.17) is 0 Å². The molecule has 0 aliphatic heterocycles. The molecule has 200 valence electrons. The third kappa shape index (κ3) is 3.14. The van der Waals surface area contributed by atoms with Crippen LogP contribution in [0.4, 0.5) is 0 Å². The average Bonchev–Trinajstić information content (AvgIpc) is 3.21. The Labute approximate surface area is 222 Å². The van der Waals surface area contributed by atoms with E-state index in [-0.39, 0.29) is 30.1 Å². The number of rotatable bonds is 3. The first-order valence-electron chi connectivity index (χ1n) is 13.2. The van der Waals surface area contributed by atoms with Gasteiger partial charge in [0.2, 0.25) is 0 Å². The molecule has 0 aromatic heterocycles. The Morgan fingerprint density at radius 2 is 1.71 bits per heavy atom. The largest absolute Gasteiger partial charge is 0.507 e. The summed E-state index contributed by atoms with van der Waals surface area (Å²) in [5.41, 5.74) is -1.54. The van der Waals surface area contributed by atoms with E-state index >= 15 is 0 Å². The van der Waals surface area contributed by atoms with Gasteiger partial charge in [-0.3, -0.25) is 24.0 Å². The number of phenols is 1. The molecule has 0 radical (unpaired) electrons. The van der Waals surface area contributed by atoms with Crippen LogP contribution in [0.2, 0.25) is 0 Å². The number of hydrogen-bond acceptors (Lipinski definition) is 7. The Hall–Kier alpha value is -3.19. The first-order chi connectivity index (χ1) is 17.6. The Kier molecular flexibility index (Phi) is 5.67. The summed E-state index contributed by atoms with van der Waals surface area (Å²) in [4.78, 5) is 68.1. The molecule has 0 heterocycles. The monoisotopic (exact) mass is 518 g/mol. The van der Waals surface area contributed by atoms with Crippen LogP contribution < -0.4 is 0 Å². The number of phenolic OH excluding ortho intramolecular Hbond substituents is 1. The molecule has 0 bridgehead atoms. The second-order valence-corrected chi connectivity index (χ2v) is 12.7. The number of aliphatic hydroxyl groups is 1. The maximum absolute atomic E-state index is 14.3. The van der Waals surface area contributed by atoms with Crippen LogP contribution in [0.1, 0.15) is 75.9 Å². The molecule has 1 aromatic rings. The number of carbonyl (C=O) groups excluding carboxylic acids is 5. The third-order valence-electron chi connectivity index (χ3n) is 9.65. The van der Waals surface area contributed by atoms with Gasteiger partial charge in [-0.15, -0.1) is 0 Å². The molecule has 5 rings (SSSR count). The molecule has 2 saturated carbocycles. The summed E-state index contributed by atoms with van der Waals surface area (Å²) >= 11 is 0. The zero-order valence-corrected chi connectivity index (χ0v) is 22.7. The lowest BCUT2D eigenvalue weighted by atomic mass is 9.40. The summed E-state index contributed by atoms with van der Waals surface area (Å²) in [5, 5.41) is 22.8. The van der Waals surface area contributed by atoms with E-state index in [9.17, 15) is 34.2 Å². The lowest BCUT2D eigenvalue weighted by Gasteiger charge is -2.61. The van der Waals surface area contributed by atoms with Crippen molar-refractivity contribution < 1.29 is 34.2 Å². The van der Waals surface area contributed by atoms with Gasteiger partial charge in [-0.1, -0.05) is 51.5 Å². The van der Waals surface area contributed by atoms with Gasteiger partial charge in [0, 0.05) is 11.3 Å². The Bertz CT molecular complexity index is 1410. The van der Waals surface area contributed by atoms with Crippen LogP contribution in [0.25, 0.3) is 5.57 Å². The number of Topliss-reactive ketones (excluding diaryl/α,β-unsaturated/α-hetero) is 5. The summed E-state index contributed by atoms with van der Waals surface area (Å²) in [5.74, 6) is -8.74. The molecule has 4 aliphatic rings. The van der Waals surface area contributed by atoms with Crippen molar-refractivity contribution in [1.29, 1.82) is 0 Å². The number of benzene rings is 1. The van der Waals surface area contributed by atoms with E-state index < -0.39 is 63.1 Å². The lowest BCUT2D eigenvalue weighted by molar-refractivity contribution is -0.205. The zero-order valence-electron chi connectivity index (χ0n) is 22.7. The number of carbonyl (C=O) groups is 5. The van der Waals surface area contributed by atoms with E-state index in [0.29, 0.717) is 12.0 Å². The minimum Gasteiger partial charge on any atom is -0.507 e. The van der Waals surface area contributed by atoms with Crippen LogP contribution in [0, 0.1) is 34.5 Å². The van der Waals surface area contributed by atoms with Gasteiger partial charge in [0.25, 0.3) is 0 Å². The maximum Gasteiger partial charge on any atom is 0.190 e. The molecule has 7 nitrogen and oxygen atoms in total. The highest BCUT2D eigenvalue weighted by Crippen LogP contribution is 2.64. The minimum absolute atomic E-state index is 0.0406. The lowest BCUT2D eigenvalue weighted by Crippen LogP contribution is -2.76. The van der Waals surface area contributed by atoms with Gasteiger partial charge < -0.3 is 10.2 Å². The molecule has 38 heavy (non-hydrogen) atoms. The molecule has 2 fully saturated rings. The van der Waals surface area contributed by atoms with E-state index in [1.54, 1.807) is 33.8 Å². The molecule has 3 unspecified atom stereocenters. The third-order valence-corrected chi connectivity index (χ3v) is 9.65. The van der Waals surface area contributed by atoms with E-state index in [1.807, 2.05) is 19.1 Å². The molecule has 0 spiro atoms. The average molecular weight is 519 g/mol. The number of allylic oxidation sites excluding steroid dienone is 4. The van der Waals surface area contributed by atoms with Gasteiger partial charge in [0.05, 0.1) is 11.5 Å². The predicted octanol–water partition coefficient (Wildman–Crippen LogP) is 3.83. The van der Waals surface area contributed by atoms with Crippen molar-refractivity contribution in [2.24, 2.45) is 34.5 Å². The van der Waals surface area contributed by atoms with Gasteiger partial charge in [-0.2, -0.15) is 0 Å². The normalized spacial score (nSPS) is 36.5. The van der Waals surface area contributed by atoms with Crippen LogP contribution in [0.15, 0.2) is 29.9 Å². The molecular weight excluding hydrogens is 484 g/mol. The Morgan fingerprint density at radius 1 is 1.05 bits per heavy atom. The molecular formula is C31H34O7. The summed E-state index contributed by atoms with van der Waals surface area (Å²) in [7, 11) is 0. The summed E-state index contributed by atoms with van der Waals surface area (Å²) in [6.45, 7) is 10.1. The standard InChI is InChI=1S/C31H34O7/c1-14(2)23-25(34)21(16(4)32)27(36)31(38)28(37)24-26(35)22-19(12-29(24,5)13-30(23,31)6)18(9-10-20(22)33)17-8-7-15(3)11-17/h7-10,14,21,23-24,33,38H,11-13H2,1-6H3/t21?,23?,24?,29-,30-,31+/m1/s1. The van der Waals surface area contributed by atoms with E-state index in [1.165, 1.54) is 6.07 Å². The van der Waals surface area contributed by atoms with Crippen LogP contribution in [0.5, 0.6) is 5.75 Å². The van der Waals surface area contributed by atoms with Gasteiger partial charge in [0.15, 0.2) is 28.7 Å². The highest BCUT2D eigenvalue weighted by molar-refractivity contribution is 6.32. The van der Waals surface area contributed by atoms with Crippen molar-refractivity contribution in [2.75, 3.05) is 0 Å². The molecule has 6 atom stereocenters. The van der Waals surface area contributed by atoms with Crippen molar-refractivity contribution in [3.8, 4) is 5.75 Å². The molecule has 4 aliphatic carbocycles. The Morgan fingerprint density at radius 3 is 2.26 bits per heavy atom. The smallest absolute Gasteiger partial charge is 0.190 e.